The number of esters is 2. The van der Waals surface area contributed by atoms with E-state index in [2.05, 4.69) is 0 Å². The maximum Gasteiger partial charge on any atom is 0.355 e. The number of aryl methyl sites for hydroxylation is 1. The van der Waals surface area contributed by atoms with Crippen molar-refractivity contribution < 1.29 is 19.1 Å². The third kappa shape index (κ3) is 3.74. The van der Waals surface area contributed by atoms with Gasteiger partial charge in [-0.2, -0.15) is 0 Å². The fourth-order valence-corrected chi connectivity index (χ4v) is 2.49. The fraction of sp³-hybridized carbons (Fsp3) is 0.263. The first-order valence-corrected chi connectivity index (χ1v) is 7.73. The van der Waals surface area contributed by atoms with Crippen LogP contribution in [0.1, 0.15) is 5.56 Å². The van der Waals surface area contributed by atoms with Crippen molar-refractivity contribution in [3.05, 3.63) is 59.5 Å². The second-order valence-electron chi connectivity index (χ2n) is 5.68. The van der Waals surface area contributed by atoms with Gasteiger partial charge in [-0.05, 0) is 36.8 Å². The monoisotopic (exact) mass is 342 g/mol. The van der Waals surface area contributed by atoms with Gasteiger partial charge in [0.2, 0.25) is 0 Å². The zero-order valence-corrected chi connectivity index (χ0v) is 15.1. The summed E-state index contributed by atoms with van der Waals surface area (Å²) in [5, 5.41) is 0. The van der Waals surface area contributed by atoms with Crippen LogP contribution < -0.4 is 9.80 Å². The average Bonchev–Trinajstić information content (AvgIpc) is 2.83. The Morgan fingerprint density at radius 1 is 1.04 bits per heavy atom. The Labute approximate surface area is 147 Å². The number of carbonyl (C=O) groups is 2. The van der Waals surface area contributed by atoms with E-state index in [0.29, 0.717) is 0 Å². The van der Waals surface area contributed by atoms with Crippen LogP contribution in [0.3, 0.4) is 0 Å². The minimum atomic E-state index is -0.619. The van der Waals surface area contributed by atoms with Gasteiger partial charge in [-0.3, -0.25) is 0 Å². The normalized spacial score (nSPS) is 13.6. The van der Waals surface area contributed by atoms with E-state index in [1.165, 1.54) is 14.2 Å². The zero-order valence-electron chi connectivity index (χ0n) is 15.1. The van der Waals surface area contributed by atoms with Crippen LogP contribution in [0.4, 0.5) is 11.4 Å². The van der Waals surface area contributed by atoms with Crippen LogP contribution in [0.5, 0.6) is 0 Å². The minimum Gasteiger partial charge on any atom is -0.465 e. The molecule has 0 bridgehead atoms. The van der Waals surface area contributed by atoms with Gasteiger partial charge in [0, 0.05) is 26.0 Å². The summed E-state index contributed by atoms with van der Waals surface area (Å²) in [5.41, 5.74) is 2.93. The van der Waals surface area contributed by atoms with Gasteiger partial charge in [0.05, 0.1) is 25.5 Å². The molecule has 0 saturated carbocycles. The van der Waals surface area contributed by atoms with Crippen LogP contribution in [0, 0.1) is 6.92 Å². The molecule has 0 unspecified atom stereocenters. The van der Waals surface area contributed by atoms with E-state index in [1.54, 1.807) is 29.3 Å². The van der Waals surface area contributed by atoms with Gasteiger partial charge in [-0.25, -0.2) is 9.59 Å². The first kappa shape index (κ1) is 18.3. The van der Waals surface area contributed by atoms with Crippen LogP contribution in [0.2, 0.25) is 0 Å². The SMILES string of the molecule is COC(=O)C1=C(C(=O)OC)N(c2cc(N(C)C)ccc2C)C=CC=C1. The lowest BCUT2D eigenvalue weighted by molar-refractivity contribution is -0.139. The highest BCUT2D eigenvalue weighted by Gasteiger charge is 2.28. The molecule has 6 nitrogen and oxygen atoms in total. The molecule has 0 fully saturated rings. The maximum atomic E-state index is 12.5. The first-order chi connectivity index (χ1) is 11.9. The first-order valence-electron chi connectivity index (χ1n) is 7.73. The van der Waals surface area contributed by atoms with Gasteiger partial charge >= 0.3 is 11.9 Å². The lowest BCUT2D eigenvalue weighted by atomic mass is 10.1. The number of ether oxygens (including phenoxy) is 2. The second kappa shape index (κ2) is 7.70. The second-order valence-corrected chi connectivity index (χ2v) is 5.68. The summed E-state index contributed by atoms with van der Waals surface area (Å²) >= 11 is 0. The molecule has 0 N–H and O–H groups in total. The van der Waals surface area contributed by atoms with E-state index in [1.807, 2.05) is 44.1 Å². The number of benzene rings is 1. The zero-order chi connectivity index (χ0) is 18.6. The average molecular weight is 342 g/mol. The maximum absolute atomic E-state index is 12.5. The van der Waals surface area contributed by atoms with Crippen LogP contribution in [0.15, 0.2) is 53.9 Å². The molecule has 6 heteroatoms. The van der Waals surface area contributed by atoms with Crippen LogP contribution >= 0.6 is 0 Å². The molecular formula is C19H22N2O4. The van der Waals surface area contributed by atoms with Gasteiger partial charge in [0.25, 0.3) is 0 Å². The molecule has 2 rings (SSSR count). The van der Waals surface area contributed by atoms with Crippen LogP contribution in [-0.2, 0) is 19.1 Å². The quantitative estimate of drug-likeness (QED) is 0.784. The Hall–Kier alpha value is -3.02. The molecule has 1 aromatic rings. The fourth-order valence-electron chi connectivity index (χ4n) is 2.49. The van der Waals surface area contributed by atoms with Crippen molar-refractivity contribution in [1.29, 1.82) is 0 Å². The molecular weight excluding hydrogens is 320 g/mol. The lowest BCUT2D eigenvalue weighted by Crippen LogP contribution is -2.27. The number of allylic oxidation sites excluding steroid dienone is 2. The molecule has 0 aliphatic carbocycles. The Balaban J connectivity index is 2.71. The summed E-state index contributed by atoms with van der Waals surface area (Å²) < 4.78 is 9.74. The Bertz CT molecular complexity index is 776. The number of hydrogen-bond acceptors (Lipinski definition) is 6. The summed E-state index contributed by atoms with van der Waals surface area (Å²) in [7, 11) is 6.43. The molecule has 1 heterocycles. The van der Waals surface area contributed by atoms with Crippen molar-refractivity contribution in [2.45, 2.75) is 6.92 Å². The predicted octanol–water partition coefficient (Wildman–Crippen LogP) is 2.55. The topological polar surface area (TPSA) is 59.1 Å². The van der Waals surface area contributed by atoms with Gasteiger partial charge < -0.3 is 19.3 Å². The van der Waals surface area contributed by atoms with E-state index in [0.717, 1.165) is 16.9 Å². The van der Waals surface area contributed by atoms with Crippen LogP contribution in [-0.4, -0.2) is 40.3 Å². The molecule has 0 amide bonds. The summed E-state index contributed by atoms with van der Waals surface area (Å²) in [5.74, 6) is -1.22. The van der Waals surface area contributed by atoms with E-state index < -0.39 is 11.9 Å². The Kier molecular flexibility index (Phi) is 5.64. The van der Waals surface area contributed by atoms with Crippen molar-refractivity contribution >= 4 is 23.3 Å². The highest BCUT2D eigenvalue weighted by atomic mass is 16.5. The molecule has 0 spiro atoms. The molecule has 0 saturated heterocycles. The van der Waals surface area contributed by atoms with E-state index in [-0.39, 0.29) is 11.3 Å². The van der Waals surface area contributed by atoms with Gasteiger partial charge in [-0.15, -0.1) is 0 Å². The van der Waals surface area contributed by atoms with Crippen LogP contribution in [0.25, 0.3) is 0 Å². The Morgan fingerprint density at radius 2 is 1.72 bits per heavy atom. The number of rotatable bonds is 4. The molecule has 1 aromatic carbocycles. The molecule has 0 aromatic heterocycles. The lowest BCUT2D eigenvalue weighted by Gasteiger charge is -2.26. The summed E-state index contributed by atoms with van der Waals surface area (Å²) in [4.78, 5) is 28.3. The third-order valence-corrected chi connectivity index (χ3v) is 3.86. The number of anilines is 2. The van der Waals surface area contributed by atoms with Crippen molar-refractivity contribution in [2.75, 3.05) is 38.1 Å². The van der Waals surface area contributed by atoms with Gasteiger partial charge in [-0.1, -0.05) is 12.1 Å². The summed E-state index contributed by atoms with van der Waals surface area (Å²) in [6, 6.07) is 5.90. The summed E-state index contributed by atoms with van der Waals surface area (Å²) in [6.07, 6.45) is 6.70. The predicted molar refractivity (Wildman–Crippen MR) is 97.3 cm³/mol. The van der Waals surface area contributed by atoms with E-state index in [4.69, 9.17) is 9.47 Å². The standard InChI is InChI=1S/C19H22N2O4/c1-13-9-10-14(20(2)3)12-16(13)21-11-7-6-8-15(18(22)24-4)17(21)19(23)25-5/h6-12H,1-5H3. The number of methoxy groups -OCH3 is 2. The molecule has 0 radical (unpaired) electrons. The number of hydrogen-bond donors (Lipinski definition) is 0. The van der Waals surface area contributed by atoms with Gasteiger partial charge in [0.1, 0.15) is 5.70 Å². The minimum absolute atomic E-state index is 0.110. The highest BCUT2D eigenvalue weighted by molar-refractivity contribution is 6.05. The molecule has 0 atom stereocenters. The van der Waals surface area contributed by atoms with Crippen molar-refractivity contribution in [2.24, 2.45) is 0 Å². The number of nitrogens with zero attached hydrogens (tertiary/aromatic N) is 2. The van der Waals surface area contributed by atoms with Crippen molar-refractivity contribution in [3.8, 4) is 0 Å². The molecule has 1 aliphatic heterocycles. The van der Waals surface area contributed by atoms with E-state index >= 15 is 0 Å². The summed E-state index contributed by atoms with van der Waals surface area (Å²) in [6.45, 7) is 1.94. The molecule has 132 valence electrons. The highest BCUT2D eigenvalue weighted by Crippen LogP contribution is 2.31. The largest absolute Gasteiger partial charge is 0.465 e. The van der Waals surface area contributed by atoms with E-state index in [9.17, 15) is 9.59 Å². The van der Waals surface area contributed by atoms with Gasteiger partial charge in [0.15, 0.2) is 0 Å². The van der Waals surface area contributed by atoms with Crippen molar-refractivity contribution in [1.82, 2.24) is 0 Å². The smallest absolute Gasteiger partial charge is 0.355 e. The Morgan fingerprint density at radius 3 is 2.32 bits per heavy atom. The molecule has 1 aliphatic rings. The molecule has 25 heavy (non-hydrogen) atoms. The van der Waals surface area contributed by atoms with Crippen molar-refractivity contribution in [3.63, 3.8) is 0 Å². The number of carbonyl (C=O) groups excluding carboxylic acids is 2. The third-order valence-electron chi connectivity index (χ3n) is 3.86.